The molecule has 0 aromatic rings. The molecule has 0 aromatic carbocycles. The van der Waals surface area contributed by atoms with Gasteiger partial charge in [0.1, 0.15) is 30.5 Å². The highest BCUT2D eigenvalue weighted by Gasteiger charge is 2.44. The maximum atomic E-state index is 12.9. The Morgan fingerprint density at radius 1 is 0.485 bits per heavy atom. The number of carbonyl (C=O) groups excluding carboxylic acids is 1. The van der Waals surface area contributed by atoms with Gasteiger partial charge in [-0.1, -0.05) is 194 Å². The van der Waals surface area contributed by atoms with Gasteiger partial charge in [-0.3, -0.25) is 4.79 Å². The second-order valence-electron chi connectivity index (χ2n) is 17.9. The van der Waals surface area contributed by atoms with Crippen LogP contribution in [0, 0.1) is 0 Å². The minimum atomic E-state index is -1.55. The minimum Gasteiger partial charge on any atom is -0.457 e. The lowest BCUT2D eigenvalue weighted by Gasteiger charge is -2.39. The summed E-state index contributed by atoms with van der Waals surface area (Å²) < 4.78 is 22.9. The number of esters is 1. The maximum Gasteiger partial charge on any atom is 0.306 e. The predicted octanol–water partition coefficient (Wildman–Crippen LogP) is 13.7. The molecule has 0 aromatic heterocycles. The van der Waals surface area contributed by atoms with E-state index in [2.05, 4.69) is 123 Å². The molecule has 1 fully saturated rings. The van der Waals surface area contributed by atoms with Gasteiger partial charge in [0, 0.05) is 13.0 Å². The van der Waals surface area contributed by atoms with Gasteiger partial charge in [-0.2, -0.15) is 0 Å². The van der Waals surface area contributed by atoms with E-state index in [1.165, 1.54) is 64.2 Å². The number of allylic oxidation sites excluding steroid dienone is 18. The Bertz CT molecular complexity index is 1410. The Balaban J connectivity index is 2.22. The van der Waals surface area contributed by atoms with E-state index in [1.807, 2.05) is 0 Å². The molecule has 0 bridgehead atoms. The van der Waals surface area contributed by atoms with Gasteiger partial charge in [-0.25, -0.2) is 0 Å². The average Bonchev–Trinajstić information content (AvgIpc) is 3.34. The van der Waals surface area contributed by atoms with Crippen molar-refractivity contribution in [2.75, 3.05) is 26.4 Å². The summed E-state index contributed by atoms with van der Waals surface area (Å²) in [7, 11) is 0. The fraction of sp³-hybridized carbons (Fsp3) is 0.678. The quantitative estimate of drug-likeness (QED) is 0.0267. The van der Waals surface area contributed by atoms with Crippen molar-refractivity contribution in [2.24, 2.45) is 0 Å². The van der Waals surface area contributed by atoms with Gasteiger partial charge < -0.3 is 39.4 Å². The average molecular weight is 951 g/mol. The number of ether oxygens (including phenoxy) is 4. The van der Waals surface area contributed by atoms with Gasteiger partial charge in [-0.05, 0) is 103 Å². The largest absolute Gasteiger partial charge is 0.457 e. The van der Waals surface area contributed by atoms with Crippen LogP contribution in [0.5, 0.6) is 0 Å². The SMILES string of the molecule is CC/C=C\C/C=C\C/C=C\C/C=C\C/C=C\C/C=C\CCCCCCCCCOCC(COC1OC(CO)C(O)C(O)C1O)OC(=O)CCCCCCCC/C=C\C/C=C\C/C=C\CCCCC. The topological polar surface area (TPSA) is 135 Å². The summed E-state index contributed by atoms with van der Waals surface area (Å²) in [5, 5.41) is 40.3. The van der Waals surface area contributed by atoms with Crippen LogP contribution in [0.3, 0.4) is 0 Å². The summed E-state index contributed by atoms with van der Waals surface area (Å²) in [6.07, 6.45) is 62.6. The third-order valence-corrected chi connectivity index (χ3v) is 11.7. The molecule has 1 heterocycles. The molecule has 4 N–H and O–H groups in total. The zero-order chi connectivity index (χ0) is 49.2. The highest BCUT2D eigenvalue weighted by atomic mass is 16.7. The molecular weight excluding hydrogens is 853 g/mol. The molecule has 388 valence electrons. The van der Waals surface area contributed by atoms with E-state index in [-0.39, 0.29) is 19.2 Å². The fourth-order valence-corrected chi connectivity index (χ4v) is 7.50. The van der Waals surface area contributed by atoms with Crippen LogP contribution in [-0.4, -0.2) is 89.6 Å². The zero-order valence-corrected chi connectivity index (χ0v) is 42.8. The van der Waals surface area contributed by atoms with Crippen LogP contribution < -0.4 is 0 Å². The Kier molecular flexibility index (Phi) is 45.2. The van der Waals surface area contributed by atoms with E-state index in [0.717, 1.165) is 109 Å². The first-order valence-electron chi connectivity index (χ1n) is 27.0. The van der Waals surface area contributed by atoms with Crippen molar-refractivity contribution in [2.45, 2.75) is 230 Å². The lowest BCUT2D eigenvalue weighted by atomic mass is 9.99. The van der Waals surface area contributed by atoms with Crippen molar-refractivity contribution in [1.29, 1.82) is 0 Å². The standard InChI is InChI=1S/C59H98O9/c1-3-5-7-9-11-13-15-17-19-21-23-24-25-26-27-28-29-31-33-35-37-39-41-43-45-47-49-65-51-53(52-66-59-58(64)57(63)56(62)54(50-60)68-59)67-55(61)48-46-44-42-40-38-36-34-32-30-22-20-18-16-14-12-10-8-6-4-2/h5,7,11-14,17-20,23-24,26-27,29-32,53-54,56-60,62-64H,3-4,6,8-10,15-16,21-22,25,28,33-52H2,1-2H3/b7-5-,13-11-,14-12-,19-17-,20-18-,24-23-,27-26-,31-29-,32-30-. The number of rotatable bonds is 45. The monoisotopic (exact) mass is 951 g/mol. The Labute approximate surface area is 414 Å². The van der Waals surface area contributed by atoms with Gasteiger partial charge in [-0.15, -0.1) is 0 Å². The van der Waals surface area contributed by atoms with Crippen LogP contribution in [0.1, 0.15) is 194 Å². The third-order valence-electron chi connectivity index (χ3n) is 11.7. The Morgan fingerprint density at radius 2 is 0.897 bits per heavy atom. The number of hydrogen-bond acceptors (Lipinski definition) is 9. The molecule has 0 amide bonds. The first kappa shape index (κ1) is 62.9. The first-order valence-corrected chi connectivity index (χ1v) is 27.0. The zero-order valence-electron chi connectivity index (χ0n) is 42.8. The summed E-state index contributed by atoms with van der Waals surface area (Å²) in [6.45, 7) is 4.36. The molecule has 0 saturated carbocycles. The number of unbranched alkanes of at least 4 members (excludes halogenated alkanes) is 16. The first-order chi connectivity index (χ1) is 33.4. The van der Waals surface area contributed by atoms with Crippen LogP contribution in [0.4, 0.5) is 0 Å². The summed E-state index contributed by atoms with van der Waals surface area (Å²) in [6, 6.07) is 0. The molecular formula is C59H98O9. The van der Waals surface area contributed by atoms with Crippen molar-refractivity contribution >= 4 is 5.97 Å². The molecule has 6 atom stereocenters. The van der Waals surface area contributed by atoms with Gasteiger partial charge in [0.15, 0.2) is 6.29 Å². The number of aliphatic hydroxyl groups is 4. The Morgan fingerprint density at radius 3 is 1.35 bits per heavy atom. The third kappa shape index (κ3) is 38.7. The normalized spacial score (nSPS) is 20.0. The summed E-state index contributed by atoms with van der Waals surface area (Å²) >= 11 is 0. The fourth-order valence-electron chi connectivity index (χ4n) is 7.50. The van der Waals surface area contributed by atoms with E-state index < -0.39 is 43.4 Å². The number of aliphatic hydroxyl groups excluding tert-OH is 4. The van der Waals surface area contributed by atoms with Crippen molar-refractivity contribution in [3.05, 3.63) is 109 Å². The number of carbonyl (C=O) groups is 1. The molecule has 1 aliphatic rings. The molecule has 1 rings (SSSR count). The summed E-state index contributed by atoms with van der Waals surface area (Å²) in [4.78, 5) is 12.9. The molecule has 0 aliphatic carbocycles. The lowest BCUT2D eigenvalue weighted by molar-refractivity contribution is -0.305. The molecule has 6 unspecified atom stereocenters. The van der Waals surface area contributed by atoms with Crippen molar-refractivity contribution in [3.8, 4) is 0 Å². The van der Waals surface area contributed by atoms with Crippen LogP contribution in [0.2, 0.25) is 0 Å². The molecule has 68 heavy (non-hydrogen) atoms. The van der Waals surface area contributed by atoms with Crippen LogP contribution >= 0.6 is 0 Å². The number of hydrogen-bond donors (Lipinski definition) is 4. The minimum absolute atomic E-state index is 0.124. The second-order valence-corrected chi connectivity index (χ2v) is 17.9. The Hall–Kier alpha value is -3.15. The van der Waals surface area contributed by atoms with Gasteiger partial charge in [0.25, 0.3) is 0 Å². The highest BCUT2D eigenvalue weighted by Crippen LogP contribution is 2.22. The summed E-state index contributed by atoms with van der Waals surface area (Å²) in [5.41, 5.74) is 0. The molecule has 0 radical (unpaired) electrons. The van der Waals surface area contributed by atoms with E-state index >= 15 is 0 Å². The van der Waals surface area contributed by atoms with Crippen LogP contribution in [0.15, 0.2) is 109 Å². The predicted molar refractivity (Wildman–Crippen MR) is 283 cm³/mol. The van der Waals surface area contributed by atoms with Crippen LogP contribution in [-0.2, 0) is 23.7 Å². The molecule has 9 nitrogen and oxygen atoms in total. The molecule has 9 heteroatoms. The van der Waals surface area contributed by atoms with Crippen molar-refractivity contribution < 1.29 is 44.2 Å². The lowest BCUT2D eigenvalue weighted by Crippen LogP contribution is -2.59. The van der Waals surface area contributed by atoms with Gasteiger partial charge >= 0.3 is 5.97 Å². The van der Waals surface area contributed by atoms with Crippen LogP contribution in [0.25, 0.3) is 0 Å². The molecule has 1 saturated heterocycles. The summed E-state index contributed by atoms with van der Waals surface area (Å²) in [5.74, 6) is -0.334. The smallest absolute Gasteiger partial charge is 0.306 e. The maximum absolute atomic E-state index is 12.9. The van der Waals surface area contributed by atoms with E-state index in [9.17, 15) is 25.2 Å². The highest BCUT2D eigenvalue weighted by molar-refractivity contribution is 5.69. The van der Waals surface area contributed by atoms with Crippen molar-refractivity contribution in [1.82, 2.24) is 0 Å². The van der Waals surface area contributed by atoms with Gasteiger partial charge in [0.2, 0.25) is 0 Å². The van der Waals surface area contributed by atoms with Gasteiger partial charge in [0.05, 0.1) is 19.8 Å². The second kappa shape index (κ2) is 48.9. The molecule has 1 aliphatic heterocycles. The van der Waals surface area contributed by atoms with E-state index in [4.69, 9.17) is 18.9 Å². The molecule has 0 spiro atoms. The van der Waals surface area contributed by atoms with E-state index in [0.29, 0.717) is 13.0 Å². The van der Waals surface area contributed by atoms with E-state index in [1.54, 1.807) is 0 Å². The van der Waals surface area contributed by atoms with Crippen molar-refractivity contribution in [3.63, 3.8) is 0 Å².